The van der Waals surface area contributed by atoms with Gasteiger partial charge in [0.2, 0.25) is 0 Å². The second-order valence-corrected chi connectivity index (χ2v) is 9.85. The molecule has 0 atom stereocenters. The third kappa shape index (κ3) is 6.87. The number of pyridine rings is 1. The Labute approximate surface area is 229 Å². The monoisotopic (exact) mass is 527 g/mol. The number of aromatic nitrogens is 3. The number of nitrogens with zero attached hydrogens (tertiary/aromatic N) is 3. The fourth-order valence-corrected chi connectivity index (χ4v) is 4.76. The number of amides is 1. The van der Waals surface area contributed by atoms with Gasteiger partial charge in [-0.25, -0.2) is 9.97 Å². The van der Waals surface area contributed by atoms with Crippen LogP contribution in [0.2, 0.25) is 0 Å². The molecule has 0 aliphatic rings. The van der Waals surface area contributed by atoms with Gasteiger partial charge in [0.15, 0.2) is 5.82 Å². The molecular formula is C31H37N5O3. The molecule has 0 aliphatic heterocycles. The van der Waals surface area contributed by atoms with Gasteiger partial charge in [-0.05, 0) is 67.4 Å². The summed E-state index contributed by atoms with van der Waals surface area (Å²) in [6.07, 6.45) is 10.5. The number of nitrogen functional groups attached to an aromatic ring is 1. The van der Waals surface area contributed by atoms with Crippen molar-refractivity contribution in [2.24, 2.45) is 0 Å². The van der Waals surface area contributed by atoms with Crippen molar-refractivity contribution in [2.45, 2.75) is 58.9 Å². The smallest absolute Gasteiger partial charge is 0.295 e. The molecule has 4 aromatic rings. The number of carbonyl (C=O) groups excluding carboxylic acids is 1. The molecule has 1 amide bonds. The molecule has 8 heteroatoms. The summed E-state index contributed by atoms with van der Waals surface area (Å²) in [5, 5.41) is 13.7. The zero-order valence-electron chi connectivity index (χ0n) is 22.8. The maximum absolute atomic E-state index is 11.0. The van der Waals surface area contributed by atoms with E-state index in [0.29, 0.717) is 37.9 Å². The molecule has 0 bridgehead atoms. The molecule has 4 N–H and O–H groups in total. The number of phenols is 1. The van der Waals surface area contributed by atoms with E-state index in [-0.39, 0.29) is 0 Å². The highest BCUT2D eigenvalue weighted by Gasteiger charge is 2.18. The van der Waals surface area contributed by atoms with Crippen LogP contribution >= 0.6 is 0 Å². The molecule has 8 nitrogen and oxygen atoms in total. The lowest BCUT2D eigenvalue weighted by Crippen LogP contribution is -2.23. The zero-order chi connectivity index (χ0) is 27.8. The number of imidazole rings is 1. The number of hydrogen-bond donors (Lipinski definition) is 3. The minimum absolute atomic E-state index is 0.297. The summed E-state index contributed by atoms with van der Waals surface area (Å²) in [4.78, 5) is 20.7. The van der Waals surface area contributed by atoms with Gasteiger partial charge in [0.25, 0.3) is 5.91 Å². The molecule has 0 fully saturated rings. The van der Waals surface area contributed by atoms with Gasteiger partial charge in [0, 0.05) is 38.1 Å². The highest BCUT2D eigenvalue weighted by molar-refractivity contribution is 6.06. The average Bonchev–Trinajstić information content (AvgIpc) is 3.29. The van der Waals surface area contributed by atoms with Gasteiger partial charge in [0.1, 0.15) is 17.1 Å². The third-order valence-corrected chi connectivity index (χ3v) is 6.84. The van der Waals surface area contributed by atoms with E-state index in [0.717, 1.165) is 77.4 Å². The molecule has 4 rings (SSSR count). The maximum Gasteiger partial charge on any atom is 0.295 e. The first-order valence-corrected chi connectivity index (χ1v) is 13.6. The number of terminal acetylenes is 1. The van der Waals surface area contributed by atoms with Gasteiger partial charge in [-0.1, -0.05) is 37.6 Å². The summed E-state index contributed by atoms with van der Waals surface area (Å²) < 4.78 is 7.95. The largest absolute Gasteiger partial charge is 0.508 e. The first kappa shape index (κ1) is 27.9. The van der Waals surface area contributed by atoms with Crippen molar-refractivity contribution >= 4 is 33.7 Å². The van der Waals surface area contributed by atoms with Crippen LogP contribution in [-0.4, -0.2) is 45.3 Å². The molecule has 0 saturated heterocycles. The number of unbranched alkanes of at least 4 members (excludes halogenated alkanes) is 1. The number of nitrogens with two attached hydrogens (primary N) is 1. The molecule has 0 radical (unpaired) electrons. The Bertz CT molecular complexity index is 1500. The number of benzene rings is 2. The number of anilines is 1. The van der Waals surface area contributed by atoms with E-state index < -0.39 is 5.91 Å². The molecule has 0 spiro atoms. The van der Waals surface area contributed by atoms with Gasteiger partial charge in [-0.2, -0.15) is 0 Å². The third-order valence-electron chi connectivity index (χ3n) is 6.84. The molecule has 0 unspecified atom stereocenters. The van der Waals surface area contributed by atoms with Gasteiger partial charge < -0.3 is 25.5 Å². The topological polar surface area (TPSA) is 115 Å². The van der Waals surface area contributed by atoms with Crippen molar-refractivity contribution in [1.82, 2.24) is 19.9 Å². The maximum atomic E-state index is 11.0. The fraction of sp³-hybridized carbons (Fsp3) is 0.387. The summed E-state index contributed by atoms with van der Waals surface area (Å²) in [6, 6.07) is 12.1. The molecule has 0 saturated carbocycles. The predicted molar refractivity (Wildman–Crippen MR) is 156 cm³/mol. The van der Waals surface area contributed by atoms with E-state index in [1.807, 2.05) is 25.0 Å². The van der Waals surface area contributed by atoms with Crippen molar-refractivity contribution in [2.75, 3.05) is 25.5 Å². The van der Waals surface area contributed by atoms with Crippen LogP contribution in [0.4, 0.5) is 5.82 Å². The summed E-state index contributed by atoms with van der Waals surface area (Å²) in [5.41, 5.74) is 12.2. The number of rotatable bonds is 13. The van der Waals surface area contributed by atoms with Crippen molar-refractivity contribution in [3.8, 4) is 18.1 Å². The first-order valence-electron chi connectivity index (χ1n) is 13.6. The van der Waals surface area contributed by atoms with E-state index in [9.17, 15) is 9.90 Å². The van der Waals surface area contributed by atoms with Crippen molar-refractivity contribution < 1.29 is 14.6 Å². The summed E-state index contributed by atoms with van der Waals surface area (Å²) in [6.45, 7) is 6.44. The minimum atomic E-state index is -0.395. The second-order valence-electron chi connectivity index (χ2n) is 9.85. The van der Waals surface area contributed by atoms with Gasteiger partial charge >= 0.3 is 0 Å². The predicted octanol–water partition coefficient (Wildman–Crippen LogP) is 4.66. The van der Waals surface area contributed by atoms with Crippen LogP contribution in [0.25, 0.3) is 21.9 Å². The lowest BCUT2D eigenvalue weighted by atomic mass is 10.1. The van der Waals surface area contributed by atoms with Crippen LogP contribution in [0.15, 0.2) is 36.4 Å². The number of aromatic hydroxyl groups is 1. The average molecular weight is 528 g/mol. The normalized spacial score (nSPS) is 11.2. The molecular weight excluding hydrogens is 490 g/mol. The highest BCUT2D eigenvalue weighted by atomic mass is 16.5. The molecule has 2 aromatic heterocycles. The molecule has 2 aromatic carbocycles. The van der Waals surface area contributed by atoms with Crippen LogP contribution in [0, 0.1) is 19.3 Å². The van der Waals surface area contributed by atoms with E-state index in [1.54, 1.807) is 6.07 Å². The van der Waals surface area contributed by atoms with Crippen LogP contribution in [0.1, 0.15) is 55.1 Å². The van der Waals surface area contributed by atoms with Gasteiger partial charge in [0.05, 0.1) is 11.0 Å². The number of hydrogen-bond acceptors (Lipinski definition) is 6. The van der Waals surface area contributed by atoms with Crippen molar-refractivity contribution in [1.29, 1.82) is 0 Å². The van der Waals surface area contributed by atoms with Crippen molar-refractivity contribution in [3.63, 3.8) is 0 Å². The van der Waals surface area contributed by atoms with E-state index in [2.05, 4.69) is 35.0 Å². The van der Waals surface area contributed by atoms with Crippen LogP contribution in [0.5, 0.6) is 5.75 Å². The van der Waals surface area contributed by atoms with Gasteiger partial charge in [-0.15, -0.1) is 6.42 Å². The zero-order valence-corrected chi connectivity index (χ0v) is 22.8. The summed E-state index contributed by atoms with van der Waals surface area (Å²) in [5.74, 6) is 3.37. The van der Waals surface area contributed by atoms with Crippen LogP contribution in [-0.2, 0) is 28.9 Å². The van der Waals surface area contributed by atoms with Gasteiger partial charge in [-0.3, -0.25) is 4.79 Å². The fourth-order valence-electron chi connectivity index (χ4n) is 4.76. The summed E-state index contributed by atoms with van der Waals surface area (Å²) >= 11 is 0. The molecule has 2 heterocycles. The Balaban J connectivity index is 1.53. The van der Waals surface area contributed by atoms with Crippen LogP contribution in [0.3, 0.4) is 0 Å². The highest BCUT2D eigenvalue weighted by Crippen LogP contribution is 2.31. The number of carbonyl (C=O) groups is 1. The number of nitrogens with one attached hydrogen (secondary N) is 1. The number of fused-ring (bicyclic) bond motifs is 3. The Morgan fingerprint density at radius 3 is 2.67 bits per heavy atom. The summed E-state index contributed by atoms with van der Waals surface area (Å²) in [7, 11) is 0. The molecule has 204 valence electrons. The first-order chi connectivity index (χ1) is 18.9. The number of ether oxygens (including phenoxy) is 1. The van der Waals surface area contributed by atoms with Crippen molar-refractivity contribution in [3.05, 3.63) is 58.9 Å². The lowest BCUT2D eigenvalue weighted by molar-refractivity contribution is -0.115. The van der Waals surface area contributed by atoms with E-state index >= 15 is 0 Å². The minimum Gasteiger partial charge on any atom is -0.508 e. The van der Waals surface area contributed by atoms with Crippen LogP contribution < -0.4 is 11.1 Å². The number of aryl methyl sites for hydroxylation is 3. The quantitative estimate of drug-likeness (QED) is 0.172. The Kier molecular flexibility index (Phi) is 9.40. The van der Waals surface area contributed by atoms with E-state index in [1.165, 1.54) is 5.56 Å². The Hall–Kier alpha value is -4.09. The Morgan fingerprint density at radius 1 is 1.10 bits per heavy atom. The molecule has 39 heavy (non-hydrogen) atoms. The lowest BCUT2D eigenvalue weighted by Gasteiger charge is -2.13. The SMILES string of the molecule is C#CC(=O)NCCCOCCCc1ccc2c(c1)nc(N)c1nc(CCCC)n(Cc3ccc(O)c(C)c3)c12. The standard InChI is InChI=1S/C31H37N5O3/c1-4-6-10-27-35-29-30(36(27)20-23-12-14-26(37)21(3)18-23)24-13-11-22(19-25(24)34-31(29)32)9-7-16-39-17-8-15-33-28(38)5-2/h2,11-14,18-19,37H,4,6-10,15-17,20H2,1,3H3,(H2,32,34)(H,33,38). The number of phenolic OH excluding ortho intramolecular Hbond substituents is 1. The second kappa shape index (κ2) is 13.1. The van der Waals surface area contributed by atoms with E-state index in [4.69, 9.17) is 26.9 Å². The molecule has 0 aliphatic carbocycles. The Morgan fingerprint density at radius 2 is 1.90 bits per heavy atom.